The maximum absolute atomic E-state index is 13.7. The number of alkyl halides is 1. The van der Waals surface area contributed by atoms with E-state index in [-0.39, 0.29) is 28.9 Å². The second kappa shape index (κ2) is 11.5. The predicted octanol–water partition coefficient (Wildman–Crippen LogP) is 5.23. The lowest BCUT2D eigenvalue weighted by Crippen LogP contribution is -2.45. The average molecular weight is 641 g/mol. The van der Waals surface area contributed by atoms with Gasteiger partial charge in [-0.15, -0.1) is 10.2 Å². The molecule has 2 aromatic carbocycles. The van der Waals surface area contributed by atoms with Crippen molar-refractivity contribution in [2.45, 2.75) is 68.2 Å². The molecule has 0 saturated heterocycles. The second-order valence-electron chi connectivity index (χ2n) is 12.0. The second-order valence-corrected chi connectivity index (χ2v) is 14.0. The number of aromatic nitrogens is 4. The minimum Gasteiger partial charge on any atom is -0.497 e. The van der Waals surface area contributed by atoms with Gasteiger partial charge in [0, 0.05) is 47.7 Å². The van der Waals surface area contributed by atoms with Gasteiger partial charge in [-0.3, -0.25) is 4.57 Å². The molecule has 7 rings (SSSR count). The molecule has 3 aliphatic carbocycles. The molecule has 0 radical (unpaired) electrons. The van der Waals surface area contributed by atoms with Gasteiger partial charge >= 0.3 is 0 Å². The minimum atomic E-state index is -3.97. The van der Waals surface area contributed by atoms with Gasteiger partial charge in [-0.25, -0.2) is 22.5 Å². The van der Waals surface area contributed by atoms with Crippen LogP contribution in [0.3, 0.4) is 0 Å². The number of ether oxygens (including phenoxy) is 2. The molecule has 0 spiro atoms. The van der Waals surface area contributed by atoms with Crippen molar-refractivity contribution in [1.29, 1.82) is 0 Å². The maximum Gasteiger partial charge on any atom is 0.241 e. The lowest BCUT2D eigenvalue weighted by Gasteiger charge is -2.30. The third-order valence-electron chi connectivity index (χ3n) is 9.02. The zero-order valence-electron chi connectivity index (χ0n) is 24.5. The molecule has 2 aromatic heterocycles. The number of nitrogens with one attached hydrogen (secondary N) is 1. The molecule has 0 aliphatic heterocycles. The maximum atomic E-state index is 13.7. The van der Waals surface area contributed by atoms with Gasteiger partial charge in [-0.2, -0.15) is 0 Å². The third kappa shape index (κ3) is 5.48. The van der Waals surface area contributed by atoms with Crippen LogP contribution in [-0.2, 0) is 23.0 Å². The number of halogens is 2. The Bertz CT molecular complexity index is 1830. The molecule has 3 aliphatic rings. The van der Waals surface area contributed by atoms with Crippen molar-refractivity contribution in [1.82, 2.24) is 24.5 Å². The molecule has 2 heterocycles. The van der Waals surface area contributed by atoms with Crippen molar-refractivity contribution in [2.75, 3.05) is 25.7 Å². The Morgan fingerprint density at radius 3 is 2.66 bits per heavy atom. The number of fused-ring (bicyclic) bond motifs is 3. The van der Waals surface area contributed by atoms with Crippen LogP contribution in [0.15, 0.2) is 47.8 Å². The smallest absolute Gasteiger partial charge is 0.241 e. The fraction of sp³-hybridized carbons (Fsp3) is 0.452. The van der Waals surface area contributed by atoms with Gasteiger partial charge < -0.3 is 14.4 Å². The number of anilines is 1. The summed E-state index contributed by atoms with van der Waals surface area (Å²) in [7, 11) is -0.691. The third-order valence-corrected chi connectivity index (χ3v) is 10.8. The Balaban J connectivity index is 1.28. The van der Waals surface area contributed by atoms with Gasteiger partial charge in [-0.1, -0.05) is 11.6 Å². The molecule has 0 amide bonds. The van der Waals surface area contributed by atoms with Crippen molar-refractivity contribution in [3.8, 4) is 11.5 Å². The van der Waals surface area contributed by atoms with Crippen LogP contribution in [0.1, 0.15) is 54.8 Å². The first-order chi connectivity index (χ1) is 21.2. The predicted molar refractivity (Wildman–Crippen MR) is 165 cm³/mol. The summed E-state index contributed by atoms with van der Waals surface area (Å²) in [5.41, 5.74) is 2.91. The summed E-state index contributed by atoms with van der Waals surface area (Å²) in [6.45, 7) is 1.37. The van der Waals surface area contributed by atoms with Crippen LogP contribution < -0.4 is 19.1 Å². The molecule has 44 heavy (non-hydrogen) atoms. The molecular weight excluding hydrogens is 607 g/mol. The summed E-state index contributed by atoms with van der Waals surface area (Å²) < 4.78 is 56.8. The van der Waals surface area contributed by atoms with Crippen LogP contribution in [0.4, 0.5) is 10.3 Å². The van der Waals surface area contributed by atoms with E-state index >= 15 is 0 Å². The quantitative estimate of drug-likeness (QED) is 0.222. The topological polar surface area (TPSA) is 111 Å². The number of benzene rings is 2. The highest BCUT2D eigenvalue weighted by molar-refractivity contribution is 7.89. The van der Waals surface area contributed by atoms with Crippen LogP contribution in [0.25, 0.3) is 10.8 Å². The molecule has 1 N–H and O–H groups in total. The van der Waals surface area contributed by atoms with Crippen LogP contribution in [0, 0.1) is 5.92 Å². The number of methoxy groups -OCH3 is 2. The van der Waals surface area contributed by atoms with Crippen molar-refractivity contribution in [3.63, 3.8) is 0 Å². The Morgan fingerprint density at radius 1 is 1.11 bits per heavy atom. The van der Waals surface area contributed by atoms with Gasteiger partial charge in [-0.05, 0) is 79.8 Å². The number of hydrogen-bond acceptors (Lipinski definition) is 8. The molecular formula is C31H34ClFN6O4S. The SMILES string of the molecule is COc1ccc(CN(CC2CC2)c2nncn2C2CCc3c2cc(S(=O)(=O)NC2CC(F)C2)c2cc(Cl)ncc32)c(OC)c1. The molecule has 1 unspecified atom stereocenters. The van der Waals surface area contributed by atoms with Crippen LogP contribution in [-0.4, -0.2) is 61.1 Å². The zero-order valence-corrected chi connectivity index (χ0v) is 26.1. The monoisotopic (exact) mass is 640 g/mol. The highest BCUT2D eigenvalue weighted by Gasteiger charge is 2.36. The zero-order chi connectivity index (χ0) is 30.6. The van der Waals surface area contributed by atoms with Crippen LogP contribution >= 0.6 is 11.6 Å². The molecule has 2 fully saturated rings. The van der Waals surface area contributed by atoms with E-state index in [2.05, 4.69) is 29.4 Å². The summed E-state index contributed by atoms with van der Waals surface area (Å²) in [6, 6.07) is 8.53. The fourth-order valence-electron chi connectivity index (χ4n) is 6.49. The highest BCUT2D eigenvalue weighted by Crippen LogP contribution is 2.43. The first-order valence-electron chi connectivity index (χ1n) is 14.9. The van der Waals surface area contributed by atoms with E-state index in [9.17, 15) is 12.8 Å². The Kier molecular flexibility index (Phi) is 7.62. The summed E-state index contributed by atoms with van der Waals surface area (Å²) in [6.07, 6.45) is 6.54. The lowest BCUT2D eigenvalue weighted by atomic mass is 9.92. The Hall–Kier alpha value is -3.48. The molecule has 0 bridgehead atoms. The molecule has 232 valence electrons. The number of aryl methyl sites for hydroxylation is 1. The first-order valence-corrected chi connectivity index (χ1v) is 16.7. The first kappa shape index (κ1) is 29.2. The molecule has 4 aromatic rings. The van der Waals surface area contributed by atoms with E-state index < -0.39 is 22.2 Å². The normalized spacial score (nSPS) is 21.2. The molecule has 2 saturated carbocycles. The molecule has 1 atom stereocenters. The van der Waals surface area contributed by atoms with Crippen molar-refractivity contribution < 1.29 is 22.3 Å². The van der Waals surface area contributed by atoms with Crippen molar-refractivity contribution in [2.24, 2.45) is 5.92 Å². The van der Waals surface area contributed by atoms with E-state index in [1.165, 1.54) is 0 Å². The summed E-state index contributed by atoms with van der Waals surface area (Å²) in [5, 5.41) is 10.4. The fourth-order valence-corrected chi connectivity index (χ4v) is 8.14. The van der Waals surface area contributed by atoms with E-state index in [1.54, 1.807) is 38.9 Å². The Morgan fingerprint density at radius 2 is 1.93 bits per heavy atom. The van der Waals surface area contributed by atoms with E-state index in [4.69, 9.17) is 21.1 Å². The van der Waals surface area contributed by atoms with Gasteiger partial charge in [0.1, 0.15) is 29.2 Å². The van der Waals surface area contributed by atoms with Gasteiger partial charge in [0.2, 0.25) is 16.0 Å². The van der Waals surface area contributed by atoms with Crippen LogP contribution in [0.2, 0.25) is 5.15 Å². The number of sulfonamides is 1. The van der Waals surface area contributed by atoms with Gasteiger partial charge in [0.05, 0.1) is 25.2 Å². The number of rotatable bonds is 11. The van der Waals surface area contributed by atoms with Crippen molar-refractivity contribution >= 4 is 38.3 Å². The average Bonchev–Trinajstić information content (AvgIpc) is 3.50. The minimum absolute atomic E-state index is 0.122. The van der Waals surface area contributed by atoms with Gasteiger partial charge in [0.25, 0.3) is 0 Å². The van der Waals surface area contributed by atoms with E-state index in [1.807, 2.05) is 18.2 Å². The number of nitrogens with zero attached hydrogens (tertiary/aromatic N) is 5. The molecule has 13 heteroatoms. The summed E-state index contributed by atoms with van der Waals surface area (Å²) in [5.74, 6) is 2.73. The summed E-state index contributed by atoms with van der Waals surface area (Å²) in [4.78, 5) is 6.65. The van der Waals surface area contributed by atoms with Gasteiger partial charge in [0.15, 0.2) is 0 Å². The molecule has 10 nitrogen and oxygen atoms in total. The summed E-state index contributed by atoms with van der Waals surface area (Å²) >= 11 is 6.25. The highest BCUT2D eigenvalue weighted by atomic mass is 35.5. The van der Waals surface area contributed by atoms with Crippen molar-refractivity contribution in [3.05, 3.63) is 64.7 Å². The number of pyridine rings is 1. The van der Waals surface area contributed by atoms with Crippen LogP contribution in [0.5, 0.6) is 11.5 Å². The van der Waals surface area contributed by atoms with E-state index in [0.717, 1.165) is 65.8 Å². The lowest BCUT2D eigenvalue weighted by molar-refractivity contribution is 0.171. The largest absolute Gasteiger partial charge is 0.497 e. The standard InChI is InChI=1S/C31H34ClFN6O4S/c1-42-22-6-5-19(28(11-22)43-2)16-38(15-18-3-4-18)31-36-35-17-39(31)27-8-7-23-24(27)12-29(25-13-30(32)34-14-26(23)25)44(40,41)37-21-9-20(33)10-21/h5-6,11-14,17-18,20-21,27,37H,3-4,7-10,15-16H2,1-2H3. The Labute approximate surface area is 260 Å². The van der Waals surface area contributed by atoms with E-state index in [0.29, 0.717) is 23.8 Å². The number of hydrogen-bond donors (Lipinski definition) is 1.